The van der Waals surface area contributed by atoms with Gasteiger partial charge < -0.3 is 9.47 Å². The van der Waals surface area contributed by atoms with E-state index in [2.05, 4.69) is 26.5 Å². The van der Waals surface area contributed by atoms with Crippen LogP contribution in [0, 0.1) is 5.82 Å². The molecular weight excluding hydrogens is 467 g/mol. The number of benzene rings is 3. The van der Waals surface area contributed by atoms with Crippen LogP contribution < -0.4 is 14.9 Å². The molecule has 6 nitrogen and oxygen atoms in total. The number of rotatable bonds is 7. The van der Waals surface area contributed by atoms with E-state index < -0.39 is 17.7 Å². The Morgan fingerprint density at radius 2 is 1.68 bits per heavy atom. The highest BCUT2D eigenvalue weighted by Gasteiger charge is 2.13. The zero-order valence-electron chi connectivity index (χ0n) is 16.5. The molecule has 0 aliphatic rings. The smallest absolute Gasteiger partial charge is 0.343 e. The molecule has 0 saturated heterocycles. The molecule has 1 N–H and O–H groups in total. The van der Waals surface area contributed by atoms with Crippen molar-refractivity contribution < 1.29 is 23.5 Å². The molecule has 0 unspecified atom stereocenters. The molecule has 1 amide bonds. The highest BCUT2D eigenvalue weighted by atomic mass is 79.9. The van der Waals surface area contributed by atoms with E-state index >= 15 is 0 Å². The summed E-state index contributed by atoms with van der Waals surface area (Å²) in [4.78, 5) is 24.4. The third-order valence-electron chi connectivity index (χ3n) is 4.04. The average molecular weight is 485 g/mol. The van der Waals surface area contributed by atoms with Crippen LogP contribution in [0.4, 0.5) is 4.39 Å². The Bertz CT molecular complexity index is 1100. The third kappa shape index (κ3) is 6.23. The highest BCUT2D eigenvalue weighted by molar-refractivity contribution is 9.10. The number of nitrogens with zero attached hydrogens (tertiary/aromatic N) is 1. The maximum absolute atomic E-state index is 12.9. The first-order chi connectivity index (χ1) is 15.0. The van der Waals surface area contributed by atoms with Crippen LogP contribution in [0.25, 0.3) is 0 Å². The van der Waals surface area contributed by atoms with Crippen molar-refractivity contribution in [1.29, 1.82) is 0 Å². The number of hydrazone groups is 1. The second-order valence-electron chi connectivity index (χ2n) is 6.24. The molecule has 0 aliphatic carbocycles. The van der Waals surface area contributed by atoms with Gasteiger partial charge in [-0.3, -0.25) is 4.79 Å². The molecule has 3 aromatic carbocycles. The first-order valence-electron chi connectivity index (χ1n) is 9.30. The summed E-state index contributed by atoms with van der Waals surface area (Å²) in [7, 11) is 0. The molecule has 8 heteroatoms. The Morgan fingerprint density at radius 3 is 2.35 bits per heavy atom. The summed E-state index contributed by atoms with van der Waals surface area (Å²) in [6.07, 6.45) is 1.42. The fourth-order valence-electron chi connectivity index (χ4n) is 2.53. The predicted octanol–water partition coefficient (Wildman–Crippen LogP) is 4.97. The van der Waals surface area contributed by atoms with Crippen molar-refractivity contribution in [2.24, 2.45) is 5.10 Å². The molecule has 0 heterocycles. The molecule has 0 radical (unpaired) electrons. The second kappa shape index (κ2) is 10.5. The first kappa shape index (κ1) is 22.2. The lowest BCUT2D eigenvalue weighted by molar-refractivity contribution is 0.0728. The van der Waals surface area contributed by atoms with Gasteiger partial charge in [-0.15, -0.1) is 0 Å². The van der Waals surface area contributed by atoms with Gasteiger partial charge in [-0.1, -0.05) is 15.9 Å². The van der Waals surface area contributed by atoms with Crippen LogP contribution in [-0.4, -0.2) is 24.7 Å². The molecule has 158 valence electrons. The van der Waals surface area contributed by atoms with Gasteiger partial charge in [-0.05, 0) is 79.2 Å². The maximum Gasteiger partial charge on any atom is 0.343 e. The van der Waals surface area contributed by atoms with Crippen molar-refractivity contribution >= 4 is 34.0 Å². The number of nitrogens with one attached hydrogen (secondary N) is 1. The molecule has 0 fully saturated rings. The molecule has 0 atom stereocenters. The van der Waals surface area contributed by atoms with E-state index in [1.54, 1.807) is 42.5 Å². The summed E-state index contributed by atoms with van der Waals surface area (Å²) in [6.45, 7) is 2.18. The Morgan fingerprint density at radius 1 is 1.00 bits per heavy atom. The maximum atomic E-state index is 12.9. The standard InChI is InChI=1S/C23H18BrFN2O4/c1-2-30-21-13-15(14-26-27-22(28)16-6-10-19(25)11-7-16)3-12-20(21)31-23(29)17-4-8-18(24)9-5-17/h3-14H,2H2,1H3,(H,27,28)/b26-14-. The van der Waals surface area contributed by atoms with E-state index in [1.165, 1.54) is 30.5 Å². The Labute approximate surface area is 186 Å². The van der Waals surface area contributed by atoms with Gasteiger partial charge in [0.05, 0.1) is 18.4 Å². The molecule has 0 aromatic heterocycles. The van der Waals surface area contributed by atoms with Crippen LogP contribution in [0.15, 0.2) is 76.3 Å². The van der Waals surface area contributed by atoms with Crippen molar-refractivity contribution in [3.05, 3.63) is 93.7 Å². The van der Waals surface area contributed by atoms with Crippen molar-refractivity contribution in [3.63, 3.8) is 0 Å². The summed E-state index contributed by atoms with van der Waals surface area (Å²) < 4.78 is 24.8. The molecule has 0 saturated carbocycles. The van der Waals surface area contributed by atoms with Gasteiger partial charge in [0.15, 0.2) is 11.5 Å². The summed E-state index contributed by atoms with van der Waals surface area (Å²) in [5, 5.41) is 3.90. The number of carbonyl (C=O) groups excluding carboxylic acids is 2. The molecule has 31 heavy (non-hydrogen) atoms. The Balaban J connectivity index is 1.69. The quantitative estimate of drug-likeness (QED) is 0.222. The number of amides is 1. The molecule has 0 aliphatic heterocycles. The summed E-state index contributed by atoms with van der Waals surface area (Å²) >= 11 is 3.32. The van der Waals surface area contributed by atoms with E-state index in [0.717, 1.165) is 4.47 Å². The lowest BCUT2D eigenvalue weighted by Gasteiger charge is -2.11. The van der Waals surface area contributed by atoms with Gasteiger partial charge in [0.25, 0.3) is 5.91 Å². The fraction of sp³-hybridized carbons (Fsp3) is 0.0870. The molecule has 3 rings (SSSR count). The van der Waals surface area contributed by atoms with Crippen molar-refractivity contribution in [3.8, 4) is 11.5 Å². The minimum atomic E-state index is -0.513. The molecule has 3 aromatic rings. The SMILES string of the molecule is CCOc1cc(/C=N\NC(=O)c2ccc(F)cc2)ccc1OC(=O)c1ccc(Br)cc1. The lowest BCUT2D eigenvalue weighted by Crippen LogP contribution is -2.17. The summed E-state index contributed by atoms with van der Waals surface area (Å²) in [6, 6.07) is 16.8. The van der Waals surface area contributed by atoms with Crippen LogP contribution in [0.1, 0.15) is 33.2 Å². The van der Waals surface area contributed by atoms with E-state index in [0.29, 0.717) is 23.5 Å². The Kier molecular flexibility index (Phi) is 7.50. The van der Waals surface area contributed by atoms with Gasteiger partial charge in [0.2, 0.25) is 0 Å². The monoisotopic (exact) mass is 484 g/mol. The van der Waals surface area contributed by atoms with E-state index in [-0.39, 0.29) is 11.3 Å². The van der Waals surface area contributed by atoms with Crippen molar-refractivity contribution in [1.82, 2.24) is 5.43 Å². The molecule has 0 spiro atoms. The van der Waals surface area contributed by atoms with Gasteiger partial charge in [-0.25, -0.2) is 14.6 Å². The minimum absolute atomic E-state index is 0.266. The summed E-state index contributed by atoms with van der Waals surface area (Å²) in [5.74, 6) is -0.781. The molecule has 0 bridgehead atoms. The van der Waals surface area contributed by atoms with Crippen molar-refractivity contribution in [2.45, 2.75) is 6.92 Å². The fourth-order valence-corrected chi connectivity index (χ4v) is 2.80. The highest BCUT2D eigenvalue weighted by Crippen LogP contribution is 2.29. The van der Waals surface area contributed by atoms with E-state index in [1.807, 2.05) is 6.92 Å². The number of ether oxygens (including phenoxy) is 2. The van der Waals surface area contributed by atoms with Crippen LogP contribution in [0.3, 0.4) is 0 Å². The Hall–Kier alpha value is -3.52. The topological polar surface area (TPSA) is 77.0 Å². The van der Waals surface area contributed by atoms with Crippen LogP contribution in [0.5, 0.6) is 11.5 Å². The van der Waals surface area contributed by atoms with Crippen LogP contribution >= 0.6 is 15.9 Å². The number of hydrogen-bond acceptors (Lipinski definition) is 5. The second-order valence-corrected chi connectivity index (χ2v) is 7.16. The lowest BCUT2D eigenvalue weighted by atomic mass is 10.2. The van der Waals surface area contributed by atoms with E-state index in [4.69, 9.17) is 9.47 Å². The summed E-state index contributed by atoms with van der Waals surface area (Å²) in [5.41, 5.74) is 3.67. The van der Waals surface area contributed by atoms with Gasteiger partial charge in [0, 0.05) is 10.0 Å². The predicted molar refractivity (Wildman–Crippen MR) is 118 cm³/mol. The zero-order valence-corrected chi connectivity index (χ0v) is 18.1. The van der Waals surface area contributed by atoms with Gasteiger partial charge in [0.1, 0.15) is 5.82 Å². The first-order valence-corrected chi connectivity index (χ1v) is 10.1. The van der Waals surface area contributed by atoms with Gasteiger partial charge in [-0.2, -0.15) is 5.10 Å². The van der Waals surface area contributed by atoms with Crippen molar-refractivity contribution in [2.75, 3.05) is 6.61 Å². The number of hydrogen-bond donors (Lipinski definition) is 1. The minimum Gasteiger partial charge on any atom is -0.490 e. The molecular formula is C23H18BrFN2O4. The number of halogens is 2. The van der Waals surface area contributed by atoms with E-state index in [9.17, 15) is 14.0 Å². The van der Waals surface area contributed by atoms with Gasteiger partial charge >= 0.3 is 5.97 Å². The average Bonchev–Trinajstić information content (AvgIpc) is 2.76. The van der Waals surface area contributed by atoms with Crippen LogP contribution in [0.2, 0.25) is 0 Å². The number of esters is 1. The third-order valence-corrected chi connectivity index (χ3v) is 4.56. The largest absolute Gasteiger partial charge is 0.490 e. The normalized spacial score (nSPS) is 10.7. The number of carbonyl (C=O) groups is 2. The zero-order chi connectivity index (χ0) is 22.2. The van der Waals surface area contributed by atoms with Crippen LogP contribution in [-0.2, 0) is 0 Å².